The highest BCUT2D eigenvalue weighted by atomic mass is 15.4. The van der Waals surface area contributed by atoms with E-state index >= 15 is 0 Å². The third-order valence-electron chi connectivity index (χ3n) is 4.56. The van der Waals surface area contributed by atoms with Gasteiger partial charge in [-0.3, -0.25) is 0 Å². The highest BCUT2D eigenvalue weighted by Crippen LogP contribution is 2.20. The molecule has 1 fully saturated rings. The number of aryl methyl sites for hydroxylation is 2. The lowest BCUT2D eigenvalue weighted by molar-refractivity contribution is 0.726. The summed E-state index contributed by atoms with van der Waals surface area (Å²) >= 11 is 0. The highest BCUT2D eigenvalue weighted by molar-refractivity contribution is 5.99. The minimum Gasteiger partial charge on any atom is -0.372 e. The van der Waals surface area contributed by atoms with E-state index in [0.29, 0.717) is 5.95 Å². The number of anilines is 2. The maximum atomic E-state index is 4.43. The van der Waals surface area contributed by atoms with E-state index in [0.717, 1.165) is 35.8 Å². The van der Waals surface area contributed by atoms with Crippen molar-refractivity contribution < 1.29 is 0 Å². The Morgan fingerprint density at radius 1 is 0.960 bits per heavy atom. The third-order valence-corrected chi connectivity index (χ3v) is 4.56. The molecular formula is C20H27N5. The topological polar surface area (TPSA) is 53.4 Å². The van der Waals surface area contributed by atoms with E-state index in [2.05, 4.69) is 49.7 Å². The first-order valence-electron chi connectivity index (χ1n) is 9.10. The summed E-state index contributed by atoms with van der Waals surface area (Å²) in [6.45, 7) is 8.24. The number of benzene rings is 1. The van der Waals surface area contributed by atoms with Crippen LogP contribution in [0.1, 0.15) is 49.6 Å². The van der Waals surface area contributed by atoms with Crippen molar-refractivity contribution in [3.05, 3.63) is 47.3 Å². The minimum absolute atomic E-state index is 0.540. The van der Waals surface area contributed by atoms with Gasteiger partial charge in [-0.1, -0.05) is 25.0 Å². The van der Waals surface area contributed by atoms with Crippen LogP contribution >= 0.6 is 0 Å². The van der Waals surface area contributed by atoms with Crippen LogP contribution in [-0.4, -0.2) is 28.8 Å². The molecule has 1 aromatic carbocycles. The fraction of sp³-hybridized carbons (Fsp3) is 0.450. The van der Waals surface area contributed by atoms with E-state index in [4.69, 9.17) is 0 Å². The molecule has 0 radical (unpaired) electrons. The molecule has 0 atom stereocenters. The molecule has 0 unspecified atom stereocenters. The summed E-state index contributed by atoms with van der Waals surface area (Å²) in [5, 5.41) is 4.43. The maximum Gasteiger partial charge on any atom is 0.243 e. The zero-order valence-corrected chi connectivity index (χ0v) is 15.4. The van der Waals surface area contributed by atoms with Crippen LogP contribution in [0, 0.1) is 13.8 Å². The molecule has 2 heterocycles. The van der Waals surface area contributed by atoms with E-state index in [9.17, 15) is 0 Å². The average Bonchev–Trinajstić information content (AvgIpc) is 2.88. The van der Waals surface area contributed by atoms with Gasteiger partial charge in [0.25, 0.3) is 0 Å². The lowest BCUT2D eigenvalue weighted by Crippen LogP contribution is -2.23. The molecule has 3 rings (SSSR count). The Labute approximate surface area is 150 Å². The number of nitrogens with zero attached hydrogens (tertiary/aromatic N) is 4. The Morgan fingerprint density at radius 3 is 2.16 bits per heavy atom. The van der Waals surface area contributed by atoms with Gasteiger partial charge in [-0.15, -0.1) is 0 Å². The predicted molar refractivity (Wildman–Crippen MR) is 104 cm³/mol. The van der Waals surface area contributed by atoms with Gasteiger partial charge in [-0.05, 0) is 57.4 Å². The zero-order valence-electron chi connectivity index (χ0n) is 15.4. The molecule has 1 N–H and O–H groups in total. The Kier molecular flexibility index (Phi) is 5.64. The summed E-state index contributed by atoms with van der Waals surface area (Å²) < 4.78 is 0. The van der Waals surface area contributed by atoms with E-state index in [1.807, 2.05) is 26.8 Å². The smallest absolute Gasteiger partial charge is 0.243 e. The lowest BCUT2D eigenvalue weighted by Gasteiger charge is -2.22. The molecule has 0 saturated carbocycles. The van der Waals surface area contributed by atoms with Gasteiger partial charge in [0.15, 0.2) is 0 Å². The van der Waals surface area contributed by atoms with Crippen LogP contribution < -0.4 is 10.3 Å². The van der Waals surface area contributed by atoms with Crippen molar-refractivity contribution in [3.8, 4) is 0 Å². The standard InChI is InChI=1S/C20H27N5/c1-15-14-16(2)22-20(21-15)24-23-17(3)18-8-10-19(11-9-18)25-12-6-4-5-7-13-25/h8-11,14H,4-7,12-13H2,1-3H3,(H,21,22,24). The summed E-state index contributed by atoms with van der Waals surface area (Å²) in [6.07, 6.45) is 5.29. The largest absolute Gasteiger partial charge is 0.372 e. The van der Waals surface area contributed by atoms with Crippen molar-refractivity contribution in [2.45, 2.75) is 46.5 Å². The Morgan fingerprint density at radius 2 is 1.56 bits per heavy atom. The number of hydrogen-bond donors (Lipinski definition) is 1. The molecule has 0 amide bonds. The van der Waals surface area contributed by atoms with E-state index < -0.39 is 0 Å². The van der Waals surface area contributed by atoms with E-state index in [1.165, 1.54) is 31.4 Å². The minimum atomic E-state index is 0.540. The zero-order chi connectivity index (χ0) is 17.6. The molecule has 1 aliphatic heterocycles. The van der Waals surface area contributed by atoms with Crippen molar-refractivity contribution in [2.75, 3.05) is 23.4 Å². The number of aromatic nitrogens is 2. The molecule has 1 aliphatic rings. The molecular weight excluding hydrogens is 310 g/mol. The Balaban J connectivity index is 1.68. The van der Waals surface area contributed by atoms with Gasteiger partial charge in [-0.2, -0.15) is 5.10 Å². The average molecular weight is 337 g/mol. The summed E-state index contributed by atoms with van der Waals surface area (Å²) in [5.74, 6) is 0.540. The number of rotatable bonds is 4. The fourth-order valence-corrected chi connectivity index (χ4v) is 3.22. The van der Waals surface area contributed by atoms with Crippen LogP contribution in [0.4, 0.5) is 11.6 Å². The molecule has 25 heavy (non-hydrogen) atoms. The Hall–Kier alpha value is -2.43. The molecule has 132 valence electrons. The van der Waals surface area contributed by atoms with Crippen molar-refractivity contribution >= 4 is 17.3 Å². The van der Waals surface area contributed by atoms with Crippen LogP contribution in [0.15, 0.2) is 35.4 Å². The second-order valence-corrected chi connectivity index (χ2v) is 6.73. The van der Waals surface area contributed by atoms with Crippen LogP contribution in [-0.2, 0) is 0 Å². The second kappa shape index (κ2) is 8.10. The van der Waals surface area contributed by atoms with Gasteiger partial charge in [0, 0.05) is 30.2 Å². The van der Waals surface area contributed by atoms with Gasteiger partial charge in [0.05, 0.1) is 5.71 Å². The van der Waals surface area contributed by atoms with Crippen LogP contribution in [0.3, 0.4) is 0 Å². The fourth-order valence-electron chi connectivity index (χ4n) is 3.22. The molecule has 0 aliphatic carbocycles. The molecule has 1 saturated heterocycles. The van der Waals surface area contributed by atoms with Gasteiger partial charge >= 0.3 is 0 Å². The van der Waals surface area contributed by atoms with Crippen LogP contribution in [0.5, 0.6) is 0 Å². The summed E-state index contributed by atoms with van der Waals surface area (Å²) in [5.41, 5.74) is 8.17. The number of hydrazone groups is 1. The second-order valence-electron chi connectivity index (χ2n) is 6.73. The van der Waals surface area contributed by atoms with E-state index in [1.54, 1.807) is 0 Å². The summed E-state index contributed by atoms with van der Waals surface area (Å²) in [6, 6.07) is 10.6. The van der Waals surface area contributed by atoms with Crippen molar-refractivity contribution in [3.63, 3.8) is 0 Å². The molecule has 2 aromatic rings. The SMILES string of the molecule is CC(=NNc1nc(C)cc(C)n1)c1ccc(N2CCCCCC2)cc1. The van der Waals surface area contributed by atoms with Crippen LogP contribution in [0.2, 0.25) is 0 Å². The number of hydrogen-bond acceptors (Lipinski definition) is 5. The predicted octanol–water partition coefficient (Wildman–Crippen LogP) is 4.31. The highest BCUT2D eigenvalue weighted by Gasteiger charge is 2.10. The normalized spacial score (nSPS) is 15.8. The summed E-state index contributed by atoms with van der Waals surface area (Å²) in [4.78, 5) is 11.2. The Bertz CT molecular complexity index is 708. The first-order valence-corrected chi connectivity index (χ1v) is 9.10. The molecule has 1 aromatic heterocycles. The molecule has 5 nitrogen and oxygen atoms in total. The third kappa shape index (κ3) is 4.78. The van der Waals surface area contributed by atoms with Gasteiger partial charge < -0.3 is 4.90 Å². The number of nitrogens with one attached hydrogen (secondary N) is 1. The van der Waals surface area contributed by atoms with Gasteiger partial charge in [0.2, 0.25) is 5.95 Å². The molecule has 0 spiro atoms. The maximum absolute atomic E-state index is 4.43. The molecule has 0 bridgehead atoms. The quantitative estimate of drug-likeness (QED) is 0.667. The van der Waals surface area contributed by atoms with E-state index in [-0.39, 0.29) is 0 Å². The van der Waals surface area contributed by atoms with Gasteiger partial charge in [-0.25, -0.2) is 15.4 Å². The van der Waals surface area contributed by atoms with Crippen molar-refractivity contribution in [1.29, 1.82) is 0 Å². The monoisotopic (exact) mass is 337 g/mol. The summed E-state index contributed by atoms with van der Waals surface area (Å²) in [7, 11) is 0. The first kappa shape index (κ1) is 17.4. The van der Waals surface area contributed by atoms with Crippen molar-refractivity contribution in [2.24, 2.45) is 5.10 Å². The molecule has 5 heteroatoms. The van der Waals surface area contributed by atoms with Crippen molar-refractivity contribution in [1.82, 2.24) is 9.97 Å². The van der Waals surface area contributed by atoms with Crippen LogP contribution in [0.25, 0.3) is 0 Å². The van der Waals surface area contributed by atoms with Gasteiger partial charge in [0.1, 0.15) is 0 Å². The lowest BCUT2D eigenvalue weighted by atomic mass is 10.1. The first-order chi connectivity index (χ1) is 12.1.